The molecule has 25 heavy (non-hydrogen) atoms. The quantitative estimate of drug-likeness (QED) is 0.780. The summed E-state index contributed by atoms with van der Waals surface area (Å²) in [7, 11) is 0. The van der Waals surface area contributed by atoms with Crippen molar-refractivity contribution in [1.82, 2.24) is 9.97 Å². The molecule has 1 saturated carbocycles. The number of ether oxygens (including phenoxy) is 1. The number of carbonyl (C=O) groups is 1. The number of nitrogens with one attached hydrogen (secondary N) is 1. The van der Waals surface area contributed by atoms with Crippen LogP contribution in [0.15, 0.2) is 6.33 Å². The van der Waals surface area contributed by atoms with Gasteiger partial charge in [-0.05, 0) is 25.7 Å². The van der Waals surface area contributed by atoms with Crippen LogP contribution in [-0.2, 0) is 4.74 Å². The fourth-order valence-electron chi connectivity index (χ4n) is 2.98. The molecule has 0 aliphatic heterocycles. The molecular weight excluding hydrogens is 350 g/mol. The predicted molar refractivity (Wildman–Crippen MR) is 93.2 cm³/mol. The number of carbonyl (C=O) groups excluding carboxylic acids is 1. The zero-order chi connectivity index (χ0) is 18.0. The van der Waals surface area contributed by atoms with Crippen molar-refractivity contribution < 1.29 is 18.3 Å². The van der Waals surface area contributed by atoms with Crippen molar-refractivity contribution in [2.45, 2.75) is 38.5 Å². The predicted octanol–water partition coefficient (Wildman–Crippen LogP) is 3.69. The number of nitrogen functional groups attached to an aromatic ring is 1. The molecule has 2 aromatic rings. The van der Waals surface area contributed by atoms with Crippen LogP contribution in [0.2, 0.25) is 0 Å². The number of anilines is 2. The average molecular weight is 370 g/mol. The number of hydrogen-bond acceptors (Lipinski definition) is 7. The lowest BCUT2D eigenvalue weighted by Crippen LogP contribution is -2.28. The van der Waals surface area contributed by atoms with Crippen molar-refractivity contribution in [3.8, 4) is 0 Å². The van der Waals surface area contributed by atoms with E-state index >= 15 is 0 Å². The van der Waals surface area contributed by atoms with Gasteiger partial charge in [-0.1, -0.05) is 0 Å². The molecule has 0 amide bonds. The van der Waals surface area contributed by atoms with Crippen molar-refractivity contribution in [3.63, 3.8) is 0 Å². The van der Waals surface area contributed by atoms with Gasteiger partial charge in [-0.2, -0.15) is 0 Å². The van der Waals surface area contributed by atoms with Crippen molar-refractivity contribution in [1.29, 1.82) is 0 Å². The zero-order valence-corrected chi connectivity index (χ0v) is 14.7. The number of thiophene rings is 1. The molecule has 136 valence electrons. The molecule has 3 rings (SSSR count). The molecule has 1 aliphatic carbocycles. The third kappa shape index (κ3) is 3.81. The highest BCUT2D eigenvalue weighted by Crippen LogP contribution is 2.38. The average Bonchev–Trinajstić information content (AvgIpc) is 2.92. The molecule has 0 bridgehead atoms. The number of halogens is 2. The van der Waals surface area contributed by atoms with Crippen LogP contribution in [0.25, 0.3) is 10.2 Å². The lowest BCUT2D eigenvalue weighted by atomic mass is 9.87. The fourth-order valence-corrected chi connectivity index (χ4v) is 3.94. The van der Waals surface area contributed by atoms with Crippen LogP contribution < -0.4 is 11.1 Å². The molecule has 2 heterocycles. The van der Waals surface area contributed by atoms with Crippen molar-refractivity contribution in [2.75, 3.05) is 24.2 Å². The van der Waals surface area contributed by atoms with E-state index in [4.69, 9.17) is 10.5 Å². The van der Waals surface area contributed by atoms with Crippen molar-refractivity contribution >= 4 is 39.0 Å². The van der Waals surface area contributed by atoms with E-state index in [0.29, 0.717) is 40.3 Å². The van der Waals surface area contributed by atoms with Crippen LogP contribution >= 0.6 is 11.3 Å². The van der Waals surface area contributed by atoms with E-state index in [1.807, 2.05) is 0 Å². The molecule has 1 fully saturated rings. The van der Waals surface area contributed by atoms with E-state index in [2.05, 4.69) is 15.3 Å². The van der Waals surface area contributed by atoms with Crippen LogP contribution in [0.3, 0.4) is 0 Å². The van der Waals surface area contributed by atoms with Gasteiger partial charge in [0.2, 0.25) is 5.92 Å². The molecular formula is C16H20F2N4O2S. The Bertz CT molecular complexity index is 771. The number of aromatic nitrogens is 2. The summed E-state index contributed by atoms with van der Waals surface area (Å²) >= 11 is 1.16. The van der Waals surface area contributed by atoms with Gasteiger partial charge in [-0.15, -0.1) is 11.3 Å². The van der Waals surface area contributed by atoms with Gasteiger partial charge in [-0.25, -0.2) is 23.5 Å². The van der Waals surface area contributed by atoms with Crippen molar-refractivity contribution in [3.05, 3.63) is 11.2 Å². The largest absolute Gasteiger partial charge is 0.462 e. The molecule has 1 aliphatic rings. The Morgan fingerprint density at radius 1 is 1.44 bits per heavy atom. The topological polar surface area (TPSA) is 90.1 Å². The Kier molecular flexibility index (Phi) is 5.03. The second-order valence-electron chi connectivity index (χ2n) is 6.15. The second kappa shape index (κ2) is 7.07. The SMILES string of the molecule is CCOC(=O)c1sc2ncnc(NCC3CCC(F)(F)CC3)c2c1N. The summed E-state index contributed by atoms with van der Waals surface area (Å²) in [4.78, 5) is 21.2. The highest BCUT2D eigenvalue weighted by Gasteiger charge is 2.34. The third-order valence-electron chi connectivity index (χ3n) is 4.38. The van der Waals surface area contributed by atoms with Crippen LogP contribution in [0, 0.1) is 5.92 Å². The number of alkyl halides is 2. The van der Waals surface area contributed by atoms with Gasteiger partial charge < -0.3 is 15.8 Å². The van der Waals surface area contributed by atoms with Gasteiger partial charge in [0.15, 0.2) is 0 Å². The first-order chi connectivity index (χ1) is 11.9. The number of fused-ring (bicyclic) bond motifs is 1. The standard InChI is InChI=1S/C16H20F2N4O2S/c1-2-24-15(23)12-11(19)10-13(21-8-22-14(10)25-12)20-7-9-3-5-16(17,18)6-4-9/h8-9H,2-7,19H2,1H3,(H,20,21,22). The molecule has 0 radical (unpaired) electrons. The van der Waals surface area contributed by atoms with Gasteiger partial charge in [0.05, 0.1) is 17.7 Å². The highest BCUT2D eigenvalue weighted by atomic mass is 32.1. The normalized spacial score (nSPS) is 17.6. The van der Waals surface area contributed by atoms with Crippen LogP contribution in [0.5, 0.6) is 0 Å². The third-order valence-corrected chi connectivity index (χ3v) is 5.47. The van der Waals surface area contributed by atoms with E-state index in [9.17, 15) is 13.6 Å². The van der Waals surface area contributed by atoms with Gasteiger partial charge in [-0.3, -0.25) is 0 Å². The Morgan fingerprint density at radius 3 is 2.84 bits per heavy atom. The fraction of sp³-hybridized carbons (Fsp3) is 0.562. The van der Waals surface area contributed by atoms with Gasteiger partial charge >= 0.3 is 5.97 Å². The molecule has 6 nitrogen and oxygen atoms in total. The van der Waals surface area contributed by atoms with Gasteiger partial charge in [0.1, 0.15) is 21.9 Å². The summed E-state index contributed by atoms with van der Waals surface area (Å²) in [6, 6.07) is 0. The molecule has 0 saturated heterocycles. The van der Waals surface area contributed by atoms with Crippen LogP contribution in [0.1, 0.15) is 42.3 Å². The first-order valence-electron chi connectivity index (χ1n) is 8.23. The maximum Gasteiger partial charge on any atom is 0.350 e. The Labute approximate surface area is 147 Å². The monoisotopic (exact) mass is 370 g/mol. The van der Waals surface area contributed by atoms with Gasteiger partial charge in [0.25, 0.3) is 0 Å². The summed E-state index contributed by atoms with van der Waals surface area (Å²) in [6.07, 6.45) is 2.19. The Balaban J connectivity index is 1.77. The van der Waals surface area contributed by atoms with E-state index in [0.717, 1.165) is 11.3 Å². The smallest absolute Gasteiger partial charge is 0.350 e. The van der Waals surface area contributed by atoms with E-state index in [-0.39, 0.29) is 31.1 Å². The molecule has 9 heteroatoms. The number of nitrogens with two attached hydrogens (primary N) is 1. The second-order valence-corrected chi connectivity index (χ2v) is 7.15. The molecule has 0 unspecified atom stereocenters. The summed E-state index contributed by atoms with van der Waals surface area (Å²) in [5.41, 5.74) is 6.39. The minimum absolute atomic E-state index is 0.0773. The summed E-state index contributed by atoms with van der Waals surface area (Å²) < 4.78 is 31.5. The zero-order valence-electron chi connectivity index (χ0n) is 13.8. The molecule has 0 atom stereocenters. The summed E-state index contributed by atoms with van der Waals surface area (Å²) in [5.74, 6) is -2.34. The Morgan fingerprint density at radius 2 is 2.16 bits per heavy atom. The van der Waals surface area contributed by atoms with E-state index in [1.54, 1.807) is 6.92 Å². The number of rotatable bonds is 5. The first-order valence-corrected chi connectivity index (χ1v) is 9.04. The van der Waals surface area contributed by atoms with E-state index in [1.165, 1.54) is 6.33 Å². The molecule has 3 N–H and O–H groups in total. The molecule has 0 spiro atoms. The lowest BCUT2D eigenvalue weighted by molar-refractivity contribution is -0.0443. The van der Waals surface area contributed by atoms with Crippen molar-refractivity contribution in [2.24, 2.45) is 5.92 Å². The molecule has 2 aromatic heterocycles. The van der Waals surface area contributed by atoms with Gasteiger partial charge in [0, 0.05) is 19.4 Å². The lowest BCUT2D eigenvalue weighted by Gasteiger charge is -2.28. The maximum atomic E-state index is 13.2. The first kappa shape index (κ1) is 17.8. The summed E-state index contributed by atoms with van der Waals surface area (Å²) in [6.45, 7) is 2.52. The van der Waals surface area contributed by atoms with Crippen LogP contribution in [-0.4, -0.2) is 35.0 Å². The molecule has 0 aromatic carbocycles. The number of nitrogens with zero attached hydrogens (tertiary/aromatic N) is 2. The maximum absolute atomic E-state index is 13.2. The number of hydrogen-bond donors (Lipinski definition) is 2. The highest BCUT2D eigenvalue weighted by molar-refractivity contribution is 7.21. The minimum atomic E-state index is -2.54. The Hall–Kier alpha value is -2.03. The summed E-state index contributed by atoms with van der Waals surface area (Å²) in [5, 5.41) is 3.77. The van der Waals surface area contributed by atoms with Crippen LogP contribution in [0.4, 0.5) is 20.3 Å². The number of esters is 1. The minimum Gasteiger partial charge on any atom is -0.462 e. The van der Waals surface area contributed by atoms with E-state index < -0.39 is 11.9 Å².